The molecule has 0 spiro atoms. The summed E-state index contributed by atoms with van der Waals surface area (Å²) < 4.78 is 16.5. The van der Waals surface area contributed by atoms with Crippen molar-refractivity contribution in [1.29, 1.82) is 0 Å². The van der Waals surface area contributed by atoms with E-state index in [1.807, 2.05) is 115 Å². The number of allylic oxidation sites excluding steroid dienone is 30. The highest BCUT2D eigenvalue weighted by Gasteiger charge is 2.19. The number of hydrogen-bond donors (Lipinski definition) is 0. The average Bonchev–Trinajstić information content (AvgIpc) is 3.27. The summed E-state index contributed by atoms with van der Waals surface area (Å²) in [4.78, 5) is 37.8. The zero-order valence-corrected chi connectivity index (χ0v) is 38.3. The Kier molecular flexibility index (Phi) is 43.9. The van der Waals surface area contributed by atoms with Gasteiger partial charge in [0.1, 0.15) is 13.2 Å². The van der Waals surface area contributed by atoms with Gasteiger partial charge in [0, 0.05) is 19.3 Å². The Morgan fingerprint density at radius 2 is 0.710 bits per heavy atom. The molecule has 0 aromatic carbocycles. The van der Waals surface area contributed by atoms with Crippen molar-refractivity contribution in [2.75, 3.05) is 13.2 Å². The summed E-state index contributed by atoms with van der Waals surface area (Å²) >= 11 is 0. The Balaban J connectivity index is 4.75. The fraction of sp³-hybridized carbons (Fsp3) is 0.411. The molecule has 0 aromatic heterocycles. The molecule has 0 saturated heterocycles. The van der Waals surface area contributed by atoms with Crippen LogP contribution in [0.25, 0.3) is 0 Å². The molecule has 1 unspecified atom stereocenters. The number of esters is 3. The van der Waals surface area contributed by atoms with Crippen molar-refractivity contribution in [3.05, 3.63) is 182 Å². The van der Waals surface area contributed by atoms with Crippen LogP contribution < -0.4 is 0 Å². The number of unbranched alkanes of at least 4 members (excludes halogenated alkanes) is 4. The van der Waals surface area contributed by atoms with E-state index in [9.17, 15) is 14.4 Å². The largest absolute Gasteiger partial charge is 0.462 e. The summed E-state index contributed by atoms with van der Waals surface area (Å²) in [6, 6.07) is 0. The minimum atomic E-state index is -0.869. The standard InChI is InChI=1S/C56H78O6/c1-4-7-10-13-16-19-22-25-27-29-31-34-37-40-43-46-49-55(58)61-52-53(51-60-54(57)48-45-42-39-36-33-30-24-21-18-15-12-9-6-3)62-56(59)50-47-44-41-38-35-32-28-26-23-20-17-14-11-8-5-2/h7-12,14-21,23-28,30-36,39-40,43,53H,4-6,13,22,29,37-38,41-42,44-52H2,1-3H3/b10-7-,11-8-,12-9-,17-14-,18-15-,19-16-,23-20-,24-21-,27-25-,28-26-,33-30-,34-31-,35-32-,39-36-,43-40-. The minimum Gasteiger partial charge on any atom is -0.462 e. The van der Waals surface area contributed by atoms with Gasteiger partial charge in [0.2, 0.25) is 0 Å². The third-order valence-corrected chi connectivity index (χ3v) is 8.41. The lowest BCUT2D eigenvalue weighted by atomic mass is 10.1. The lowest BCUT2D eigenvalue weighted by Crippen LogP contribution is -2.30. The zero-order valence-electron chi connectivity index (χ0n) is 38.3. The van der Waals surface area contributed by atoms with Crippen molar-refractivity contribution in [1.82, 2.24) is 0 Å². The molecule has 0 aromatic rings. The number of carbonyl (C=O) groups is 3. The maximum Gasteiger partial charge on any atom is 0.306 e. The number of ether oxygens (including phenoxy) is 3. The second kappa shape index (κ2) is 48.2. The molecule has 6 nitrogen and oxygen atoms in total. The molecule has 0 fully saturated rings. The van der Waals surface area contributed by atoms with Gasteiger partial charge < -0.3 is 14.2 Å². The molecule has 0 amide bonds. The van der Waals surface area contributed by atoms with Crippen LogP contribution in [-0.4, -0.2) is 37.2 Å². The smallest absolute Gasteiger partial charge is 0.306 e. The van der Waals surface area contributed by atoms with Crippen LogP contribution in [0.1, 0.15) is 130 Å². The maximum atomic E-state index is 12.7. The molecule has 62 heavy (non-hydrogen) atoms. The van der Waals surface area contributed by atoms with E-state index in [0.29, 0.717) is 19.3 Å². The monoisotopic (exact) mass is 847 g/mol. The Bertz CT molecular complexity index is 1580. The molecular weight excluding hydrogens is 769 g/mol. The van der Waals surface area contributed by atoms with Crippen molar-refractivity contribution >= 4 is 17.9 Å². The Morgan fingerprint density at radius 3 is 1.18 bits per heavy atom. The molecule has 0 radical (unpaired) electrons. The third kappa shape index (κ3) is 45.6. The van der Waals surface area contributed by atoms with E-state index >= 15 is 0 Å². The lowest BCUT2D eigenvalue weighted by Gasteiger charge is -2.18. The van der Waals surface area contributed by atoms with Gasteiger partial charge in [0.25, 0.3) is 0 Å². The molecule has 0 N–H and O–H groups in total. The molecule has 0 aliphatic carbocycles. The number of carbonyl (C=O) groups excluding carboxylic acids is 3. The first-order valence-electron chi connectivity index (χ1n) is 22.9. The van der Waals surface area contributed by atoms with Gasteiger partial charge in [-0.15, -0.1) is 0 Å². The fourth-order valence-electron chi connectivity index (χ4n) is 5.07. The van der Waals surface area contributed by atoms with E-state index < -0.39 is 18.0 Å². The fourth-order valence-corrected chi connectivity index (χ4v) is 5.07. The van der Waals surface area contributed by atoms with Crippen LogP contribution in [0.2, 0.25) is 0 Å². The summed E-state index contributed by atoms with van der Waals surface area (Å²) in [6.07, 6.45) is 73.2. The second-order valence-corrected chi connectivity index (χ2v) is 14.1. The Hall–Kier alpha value is -5.49. The highest BCUT2D eigenvalue weighted by molar-refractivity contribution is 5.71. The number of hydrogen-bond acceptors (Lipinski definition) is 6. The first-order valence-corrected chi connectivity index (χ1v) is 22.9. The maximum absolute atomic E-state index is 12.7. The van der Waals surface area contributed by atoms with Crippen LogP contribution in [0.3, 0.4) is 0 Å². The highest BCUT2D eigenvalue weighted by atomic mass is 16.6. The topological polar surface area (TPSA) is 78.9 Å². The van der Waals surface area contributed by atoms with Gasteiger partial charge in [0.15, 0.2) is 6.10 Å². The molecular formula is C56H78O6. The molecule has 0 saturated carbocycles. The van der Waals surface area contributed by atoms with Gasteiger partial charge in [-0.1, -0.05) is 209 Å². The number of rotatable bonds is 37. The van der Waals surface area contributed by atoms with Crippen molar-refractivity contribution in [2.24, 2.45) is 0 Å². The molecule has 1 atom stereocenters. The van der Waals surface area contributed by atoms with Crippen LogP contribution in [0, 0.1) is 0 Å². The lowest BCUT2D eigenvalue weighted by molar-refractivity contribution is -0.166. The summed E-state index contributed by atoms with van der Waals surface area (Å²) in [5.41, 5.74) is 0. The summed E-state index contributed by atoms with van der Waals surface area (Å²) in [6.45, 7) is 6.01. The van der Waals surface area contributed by atoms with Gasteiger partial charge >= 0.3 is 17.9 Å². The SMILES string of the molecule is CC\C=C/C=C\C=C/C=C\C=C/CCCCCC(=O)OC(COC(=O)CC/C=C\C/C=C\C/C=C\C/C=C\C/C=C\CC)COC(=O)CCC\C=C/C=C\C=C/C=C\C=C/CC. The van der Waals surface area contributed by atoms with Gasteiger partial charge in [-0.3, -0.25) is 14.4 Å². The zero-order chi connectivity index (χ0) is 45.1. The first kappa shape index (κ1) is 56.5. The second-order valence-electron chi connectivity index (χ2n) is 14.1. The Labute approximate surface area is 376 Å². The molecule has 0 heterocycles. The van der Waals surface area contributed by atoms with E-state index in [-0.39, 0.29) is 38.4 Å². The third-order valence-electron chi connectivity index (χ3n) is 8.41. The van der Waals surface area contributed by atoms with E-state index in [0.717, 1.165) is 70.6 Å². The quantitative estimate of drug-likeness (QED) is 0.0204. The first-order chi connectivity index (χ1) is 30.5. The highest BCUT2D eigenvalue weighted by Crippen LogP contribution is 2.09. The van der Waals surface area contributed by atoms with Gasteiger partial charge in [0.05, 0.1) is 0 Å². The van der Waals surface area contributed by atoms with Crippen molar-refractivity contribution in [3.63, 3.8) is 0 Å². The minimum absolute atomic E-state index is 0.167. The summed E-state index contributed by atoms with van der Waals surface area (Å²) in [5.74, 6) is -1.18. The van der Waals surface area contributed by atoms with E-state index in [1.165, 1.54) is 0 Å². The van der Waals surface area contributed by atoms with Gasteiger partial charge in [-0.25, -0.2) is 0 Å². The molecule has 338 valence electrons. The van der Waals surface area contributed by atoms with Crippen LogP contribution in [-0.2, 0) is 28.6 Å². The van der Waals surface area contributed by atoms with Crippen molar-refractivity contribution in [3.8, 4) is 0 Å². The molecule has 0 rings (SSSR count). The van der Waals surface area contributed by atoms with E-state index in [4.69, 9.17) is 14.2 Å². The average molecular weight is 847 g/mol. The van der Waals surface area contributed by atoms with Crippen LogP contribution in [0.15, 0.2) is 182 Å². The van der Waals surface area contributed by atoms with E-state index in [1.54, 1.807) is 0 Å². The van der Waals surface area contributed by atoms with Crippen LogP contribution in [0.5, 0.6) is 0 Å². The Morgan fingerprint density at radius 1 is 0.339 bits per heavy atom. The molecule has 0 aliphatic rings. The predicted octanol–water partition coefficient (Wildman–Crippen LogP) is 15.0. The summed E-state index contributed by atoms with van der Waals surface area (Å²) in [7, 11) is 0. The molecule has 0 aliphatic heterocycles. The van der Waals surface area contributed by atoms with Crippen molar-refractivity contribution < 1.29 is 28.6 Å². The normalized spacial score (nSPS) is 13.8. The van der Waals surface area contributed by atoms with Gasteiger partial charge in [-0.2, -0.15) is 0 Å². The molecule has 6 heteroatoms. The molecule has 0 bridgehead atoms. The van der Waals surface area contributed by atoms with Crippen LogP contribution in [0.4, 0.5) is 0 Å². The predicted molar refractivity (Wildman–Crippen MR) is 264 cm³/mol. The van der Waals surface area contributed by atoms with Crippen molar-refractivity contribution in [2.45, 2.75) is 136 Å². The van der Waals surface area contributed by atoms with Crippen LogP contribution >= 0.6 is 0 Å². The van der Waals surface area contributed by atoms with E-state index in [2.05, 4.69) is 87.6 Å². The van der Waals surface area contributed by atoms with Gasteiger partial charge in [-0.05, 0) is 83.5 Å². The summed E-state index contributed by atoms with van der Waals surface area (Å²) in [5, 5.41) is 0.